The number of hydrogen-bond donors (Lipinski definition) is 1. The predicted octanol–water partition coefficient (Wildman–Crippen LogP) is 3.66. The summed E-state index contributed by atoms with van der Waals surface area (Å²) in [6, 6.07) is 15.1. The molecule has 0 atom stereocenters. The van der Waals surface area contributed by atoms with E-state index in [0.29, 0.717) is 18.8 Å². The van der Waals surface area contributed by atoms with Gasteiger partial charge in [0.2, 0.25) is 0 Å². The van der Waals surface area contributed by atoms with Crippen molar-refractivity contribution in [3.05, 3.63) is 65.2 Å². The molecule has 3 nitrogen and oxygen atoms in total. The Kier molecular flexibility index (Phi) is 5.59. The van der Waals surface area contributed by atoms with Gasteiger partial charge in [-0.2, -0.15) is 0 Å². The lowest BCUT2D eigenvalue weighted by Crippen LogP contribution is -2.31. The number of phenolic OH excluding ortho intramolecular Hbond substituents is 1. The lowest BCUT2D eigenvalue weighted by atomic mass is 9.98. The van der Waals surface area contributed by atoms with Gasteiger partial charge in [-0.3, -0.25) is 4.79 Å². The van der Waals surface area contributed by atoms with Crippen LogP contribution in [0.5, 0.6) is 5.75 Å². The summed E-state index contributed by atoms with van der Waals surface area (Å²) in [7, 11) is 0. The van der Waals surface area contributed by atoms with E-state index in [1.54, 1.807) is 6.07 Å². The van der Waals surface area contributed by atoms with Gasteiger partial charge < -0.3 is 10.0 Å². The molecule has 116 valence electrons. The zero-order chi connectivity index (χ0) is 15.9. The molecular weight excluding hydrogens is 274 g/mol. The number of aryl methyl sites for hydroxylation is 2. The Labute approximate surface area is 132 Å². The van der Waals surface area contributed by atoms with Crippen molar-refractivity contribution in [2.45, 2.75) is 26.7 Å². The topological polar surface area (TPSA) is 40.5 Å². The van der Waals surface area contributed by atoms with Crippen molar-refractivity contribution in [3.8, 4) is 5.75 Å². The van der Waals surface area contributed by atoms with Crippen molar-refractivity contribution in [1.82, 2.24) is 4.90 Å². The van der Waals surface area contributed by atoms with Crippen LogP contribution >= 0.6 is 0 Å². The van der Waals surface area contributed by atoms with Crippen LogP contribution in [0.2, 0.25) is 0 Å². The molecule has 0 heterocycles. The fourth-order valence-corrected chi connectivity index (χ4v) is 2.62. The highest BCUT2D eigenvalue weighted by atomic mass is 16.3. The Morgan fingerprint density at radius 2 is 1.45 bits per heavy atom. The van der Waals surface area contributed by atoms with E-state index in [1.165, 1.54) is 0 Å². The smallest absolute Gasteiger partial charge is 0.254 e. The zero-order valence-electron chi connectivity index (χ0n) is 13.2. The molecule has 2 aromatic rings. The number of rotatable bonds is 6. The first-order valence-corrected chi connectivity index (χ1v) is 7.81. The highest BCUT2D eigenvalue weighted by molar-refractivity contribution is 5.95. The lowest BCUT2D eigenvalue weighted by molar-refractivity contribution is 0.0772. The van der Waals surface area contributed by atoms with Gasteiger partial charge in [0.05, 0.1) is 0 Å². The Bertz CT molecular complexity index is 633. The number of carbonyl (C=O) groups is 1. The van der Waals surface area contributed by atoms with Gasteiger partial charge in [-0.1, -0.05) is 36.4 Å². The van der Waals surface area contributed by atoms with E-state index in [1.807, 2.05) is 61.2 Å². The molecule has 1 amide bonds. The molecule has 0 spiro atoms. The van der Waals surface area contributed by atoms with E-state index >= 15 is 0 Å². The highest BCUT2D eigenvalue weighted by Crippen LogP contribution is 2.20. The molecule has 3 heteroatoms. The van der Waals surface area contributed by atoms with Crippen LogP contribution in [0.1, 0.15) is 35.3 Å². The molecule has 1 N–H and O–H groups in total. The van der Waals surface area contributed by atoms with Crippen LogP contribution in [-0.4, -0.2) is 29.0 Å². The van der Waals surface area contributed by atoms with Gasteiger partial charge in [-0.25, -0.2) is 0 Å². The average Bonchev–Trinajstić information content (AvgIpc) is 2.55. The minimum absolute atomic E-state index is 0.0814. The number of nitrogens with zero attached hydrogens (tertiary/aromatic N) is 1. The van der Waals surface area contributed by atoms with Crippen LogP contribution in [0.4, 0.5) is 0 Å². The SMILES string of the molecule is CCN(CC)C(=O)c1ccccc1CCc1ccccc1O. The van der Waals surface area contributed by atoms with Crippen LogP contribution < -0.4 is 0 Å². The standard InChI is InChI=1S/C19H23NO2/c1-3-20(4-2)19(22)17-11-7-5-9-15(17)13-14-16-10-6-8-12-18(16)21/h5-12,21H,3-4,13-14H2,1-2H3. The molecule has 0 unspecified atom stereocenters. The first-order valence-electron chi connectivity index (χ1n) is 7.81. The second-order valence-corrected chi connectivity index (χ2v) is 5.26. The number of amides is 1. The third-order valence-electron chi connectivity index (χ3n) is 3.95. The van der Waals surface area contributed by atoms with E-state index in [4.69, 9.17) is 0 Å². The molecule has 22 heavy (non-hydrogen) atoms. The lowest BCUT2D eigenvalue weighted by Gasteiger charge is -2.20. The third kappa shape index (κ3) is 3.67. The van der Waals surface area contributed by atoms with Crippen molar-refractivity contribution >= 4 is 5.91 Å². The zero-order valence-corrected chi connectivity index (χ0v) is 13.2. The van der Waals surface area contributed by atoms with Gasteiger partial charge in [-0.15, -0.1) is 0 Å². The molecule has 0 aliphatic carbocycles. The molecule has 2 aromatic carbocycles. The van der Waals surface area contributed by atoms with Crippen LogP contribution in [-0.2, 0) is 12.8 Å². The molecule has 0 aromatic heterocycles. The van der Waals surface area contributed by atoms with Gasteiger partial charge in [0.15, 0.2) is 0 Å². The Morgan fingerprint density at radius 3 is 2.09 bits per heavy atom. The molecule has 0 aliphatic rings. The molecule has 0 aliphatic heterocycles. The minimum atomic E-state index is 0.0814. The number of hydrogen-bond acceptors (Lipinski definition) is 2. The maximum Gasteiger partial charge on any atom is 0.254 e. The molecule has 2 rings (SSSR count). The number of benzene rings is 2. The second kappa shape index (κ2) is 7.64. The molecule has 0 bridgehead atoms. The summed E-state index contributed by atoms with van der Waals surface area (Å²) in [4.78, 5) is 14.4. The summed E-state index contributed by atoms with van der Waals surface area (Å²) in [6.45, 7) is 5.41. The summed E-state index contributed by atoms with van der Waals surface area (Å²) in [5.41, 5.74) is 2.71. The number of para-hydroxylation sites is 1. The molecule has 0 saturated heterocycles. The van der Waals surface area contributed by atoms with Crippen LogP contribution in [0, 0.1) is 0 Å². The van der Waals surface area contributed by atoms with E-state index in [-0.39, 0.29) is 5.91 Å². The number of phenols is 1. The molecule has 0 fully saturated rings. The summed E-state index contributed by atoms with van der Waals surface area (Å²) in [5.74, 6) is 0.396. The largest absolute Gasteiger partial charge is 0.508 e. The minimum Gasteiger partial charge on any atom is -0.508 e. The van der Waals surface area contributed by atoms with Gasteiger partial charge in [-0.05, 0) is 49.9 Å². The van der Waals surface area contributed by atoms with Crippen LogP contribution in [0.3, 0.4) is 0 Å². The second-order valence-electron chi connectivity index (χ2n) is 5.26. The van der Waals surface area contributed by atoms with Gasteiger partial charge in [0, 0.05) is 18.7 Å². The molecule has 0 saturated carbocycles. The van der Waals surface area contributed by atoms with Crippen molar-refractivity contribution in [1.29, 1.82) is 0 Å². The van der Waals surface area contributed by atoms with Gasteiger partial charge >= 0.3 is 0 Å². The highest BCUT2D eigenvalue weighted by Gasteiger charge is 2.16. The van der Waals surface area contributed by atoms with Crippen molar-refractivity contribution in [2.24, 2.45) is 0 Å². The number of carbonyl (C=O) groups excluding carboxylic acids is 1. The van der Waals surface area contributed by atoms with Gasteiger partial charge in [0.25, 0.3) is 5.91 Å². The molecule has 0 radical (unpaired) electrons. The maximum atomic E-state index is 12.6. The predicted molar refractivity (Wildman–Crippen MR) is 89.2 cm³/mol. The first kappa shape index (κ1) is 16.1. The van der Waals surface area contributed by atoms with E-state index in [2.05, 4.69) is 0 Å². The fourth-order valence-electron chi connectivity index (χ4n) is 2.62. The quantitative estimate of drug-likeness (QED) is 0.884. The van der Waals surface area contributed by atoms with E-state index in [9.17, 15) is 9.90 Å². The van der Waals surface area contributed by atoms with Crippen LogP contribution in [0.15, 0.2) is 48.5 Å². The Morgan fingerprint density at radius 1 is 0.909 bits per heavy atom. The monoisotopic (exact) mass is 297 g/mol. The van der Waals surface area contributed by atoms with Crippen molar-refractivity contribution in [2.75, 3.05) is 13.1 Å². The normalized spacial score (nSPS) is 10.5. The maximum absolute atomic E-state index is 12.6. The Balaban J connectivity index is 2.18. The fraction of sp³-hybridized carbons (Fsp3) is 0.316. The van der Waals surface area contributed by atoms with Gasteiger partial charge in [0.1, 0.15) is 5.75 Å². The average molecular weight is 297 g/mol. The summed E-state index contributed by atoms with van der Waals surface area (Å²) in [6.07, 6.45) is 1.45. The van der Waals surface area contributed by atoms with E-state index < -0.39 is 0 Å². The van der Waals surface area contributed by atoms with Crippen LogP contribution in [0.25, 0.3) is 0 Å². The summed E-state index contributed by atoms with van der Waals surface area (Å²) in [5, 5.41) is 9.86. The van der Waals surface area contributed by atoms with Crippen molar-refractivity contribution in [3.63, 3.8) is 0 Å². The van der Waals surface area contributed by atoms with E-state index in [0.717, 1.165) is 29.5 Å². The first-order chi connectivity index (χ1) is 10.7. The van der Waals surface area contributed by atoms with Crippen molar-refractivity contribution < 1.29 is 9.90 Å². The summed E-state index contributed by atoms with van der Waals surface area (Å²) >= 11 is 0. The number of aromatic hydroxyl groups is 1. The molecular formula is C19H23NO2. The third-order valence-corrected chi connectivity index (χ3v) is 3.95. The summed E-state index contributed by atoms with van der Waals surface area (Å²) < 4.78 is 0. The Hall–Kier alpha value is -2.29.